The van der Waals surface area contributed by atoms with Crippen LogP contribution >= 0.6 is 0 Å². The Morgan fingerprint density at radius 3 is 2.42 bits per heavy atom. The molecule has 0 saturated carbocycles. The lowest BCUT2D eigenvalue weighted by Crippen LogP contribution is -2.42. The van der Waals surface area contributed by atoms with Gasteiger partial charge in [0.2, 0.25) is 0 Å². The number of ketones is 1. The van der Waals surface area contributed by atoms with Gasteiger partial charge < -0.3 is 24.6 Å². The summed E-state index contributed by atoms with van der Waals surface area (Å²) >= 11 is 0. The van der Waals surface area contributed by atoms with E-state index in [0.717, 1.165) is 18.7 Å². The number of phenolic OH excluding ortho intramolecular Hbond substituents is 1. The fourth-order valence-electron chi connectivity index (χ4n) is 4.56. The van der Waals surface area contributed by atoms with Gasteiger partial charge in [0.25, 0.3) is 11.7 Å². The number of phenols is 1. The molecule has 2 aromatic rings. The molecule has 0 aromatic heterocycles. The smallest absolute Gasteiger partial charge is 0.295 e. The summed E-state index contributed by atoms with van der Waals surface area (Å²) in [6, 6.07) is 10.9. The van der Waals surface area contributed by atoms with E-state index >= 15 is 0 Å². The Labute approximate surface area is 211 Å². The second kappa shape index (κ2) is 11.1. The number of hydrogen-bond acceptors (Lipinski definition) is 7. The van der Waals surface area contributed by atoms with E-state index in [1.54, 1.807) is 30.3 Å². The van der Waals surface area contributed by atoms with Gasteiger partial charge >= 0.3 is 0 Å². The summed E-state index contributed by atoms with van der Waals surface area (Å²) < 4.78 is 11.2. The van der Waals surface area contributed by atoms with Gasteiger partial charge in [0, 0.05) is 31.7 Å². The standard InChI is InChI=1S/C28H34N2O6/c1-18(2)17-36-23-9-6-21(16-19(23)3)26(32)24-25(20-4-7-22(31)8-5-20)30(28(34)27(24)33)11-10-29-12-14-35-15-13-29/h4-9,16,18,25,31-32H,10-15,17H2,1-3H3/t25-/m0/s1. The second-order valence-corrected chi connectivity index (χ2v) is 9.72. The minimum Gasteiger partial charge on any atom is -0.508 e. The Morgan fingerprint density at radius 1 is 1.08 bits per heavy atom. The van der Waals surface area contributed by atoms with Crippen molar-refractivity contribution in [1.82, 2.24) is 9.80 Å². The molecule has 192 valence electrons. The molecule has 0 bridgehead atoms. The third-order valence-corrected chi connectivity index (χ3v) is 6.53. The maximum atomic E-state index is 13.2. The molecule has 0 unspecified atom stereocenters. The number of hydrogen-bond donors (Lipinski definition) is 2. The lowest BCUT2D eigenvalue weighted by Gasteiger charge is -2.31. The molecule has 1 amide bonds. The molecule has 4 rings (SSSR count). The number of rotatable bonds is 8. The number of morpholine rings is 1. The summed E-state index contributed by atoms with van der Waals surface area (Å²) in [6.45, 7) is 10.3. The number of carbonyl (C=O) groups is 2. The Balaban J connectivity index is 1.69. The first-order chi connectivity index (χ1) is 17.3. The zero-order valence-corrected chi connectivity index (χ0v) is 21.1. The highest BCUT2D eigenvalue weighted by Crippen LogP contribution is 2.40. The summed E-state index contributed by atoms with van der Waals surface area (Å²) in [5, 5.41) is 21.1. The highest BCUT2D eigenvalue weighted by molar-refractivity contribution is 6.46. The molecule has 2 heterocycles. The number of aromatic hydroxyl groups is 1. The number of likely N-dealkylation sites (tertiary alicyclic amines) is 1. The van der Waals surface area contributed by atoms with Gasteiger partial charge in [-0.3, -0.25) is 14.5 Å². The summed E-state index contributed by atoms with van der Waals surface area (Å²) in [5.74, 6) is -0.421. The lowest BCUT2D eigenvalue weighted by molar-refractivity contribution is -0.140. The molecule has 2 saturated heterocycles. The van der Waals surface area contributed by atoms with Crippen molar-refractivity contribution in [1.29, 1.82) is 0 Å². The van der Waals surface area contributed by atoms with Crippen molar-refractivity contribution in [3.8, 4) is 11.5 Å². The molecule has 0 aliphatic carbocycles. The quantitative estimate of drug-likeness (QED) is 0.329. The van der Waals surface area contributed by atoms with Crippen molar-refractivity contribution in [2.24, 2.45) is 5.92 Å². The van der Waals surface area contributed by atoms with Crippen molar-refractivity contribution in [2.75, 3.05) is 46.0 Å². The number of ether oxygens (including phenoxy) is 2. The van der Waals surface area contributed by atoms with Gasteiger partial charge in [-0.1, -0.05) is 26.0 Å². The van der Waals surface area contributed by atoms with Crippen LogP contribution in [0.2, 0.25) is 0 Å². The number of carbonyl (C=O) groups excluding carboxylic acids is 2. The predicted octanol–water partition coefficient (Wildman–Crippen LogP) is 3.49. The maximum Gasteiger partial charge on any atom is 0.295 e. The van der Waals surface area contributed by atoms with Crippen molar-refractivity contribution < 1.29 is 29.3 Å². The van der Waals surface area contributed by atoms with Gasteiger partial charge in [-0.25, -0.2) is 0 Å². The normalized spacial score (nSPS) is 20.3. The van der Waals surface area contributed by atoms with Crippen LogP contribution in [0.15, 0.2) is 48.0 Å². The van der Waals surface area contributed by atoms with Crippen LogP contribution in [0, 0.1) is 12.8 Å². The van der Waals surface area contributed by atoms with Crippen LogP contribution in [0.25, 0.3) is 5.76 Å². The van der Waals surface area contributed by atoms with E-state index in [4.69, 9.17) is 9.47 Å². The molecule has 8 heteroatoms. The van der Waals surface area contributed by atoms with Crippen LogP contribution < -0.4 is 4.74 Å². The summed E-state index contributed by atoms with van der Waals surface area (Å²) in [6.07, 6.45) is 0. The highest BCUT2D eigenvalue weighted by atomic mass is 16.5. The average molecular weight is 495 g/mol. The van der Waals surface area contributed by atoms with Crippen LogP contribution in [0.1, 0.15) is 36.6 Å². The van der Waals surface area contributed by atoms with E-state index in [0.29, 0.717) is 55.7 Å². The SMILES string of the molecule is Cc1cc(C(O)=C2C(=O)C(=O)N(CCN3CCOCC3)[C@H]2c2ccc(O)cc2)ccc1OCC(C)C. The number of aryl methyl sites for hydroxylation is 1. The Bertz CT molecular complexity index is 1140. The molecule has 2 aliphatic heterocycles. The largest absolute Gasteiger partial charge is 0.508 e. The van der Waals surface area contributed by atoms with Crippen LogP contribution in [-0.2, 0) is 14.3 Å². The molecule has 1 atom stereocenters. The molecule has 0 spiro atoms. The summed E-state index contributed by atoms with van der Waals surface area (Å²) in [4.78, 5) is 30.1. The monoisotopic (exact) mass is 494 g/mol. The van der Waals surface area contributed by atoms with Crippen molar-refractivity contribution in [3.05, 3.63) is 64.7 Å². The van der Waals surface area contributed by atoms with E-state index < -0.39 is 17.7 Å². The molecule has 2 aliphatic rings. The molecule has 0 radical (unpaired) electrons. The summed E-state index contributed by atoms with van der Waals surface area (Å²) in [5.41, 5.74) is 1.95. The van der Waals surface area contributed by atoms with Gasteiger partial charge in [-0.15, -0.1) is 0 Å². The molecule has 2 N–H and O–H groups in total. The Hall–Kier alpha value is -3.36. The third-order valence-electron chi connectivity index (χ3n) is 6.53. The van der Waals surface area contributed by atoms with Crippen molar-refractivity contribution in [2.45, 2.75) is 26.8 Å². The van der Waals surface area contributed by atoms with Crippen LogP contribution in [0.4, 0.5) is 0 Å². The summed E-state index contributed by atoms with van der Waals surface area (Å²) in [7, 11) is 0. The minimum atomic E-state index is -0.760. The number of benzene rings is 2. The fraction of sp³-hybridized carbons (Fsp3) is 0.429. The molecular weight excluding hydrogens is 460 g/mol. The second-order valence-electron chi connectivity index (χ2n) is 9.72. The van der Waals surface area contributed by atoms with Crippen LogP contribution in [-0.4, -0.2) is 77.7 Å². The zero-order valence-electron chi connectivity index (χ0n) is 21.1. The molecule has 2 aromatic carbocycles. The number of nitrogens with zero attached hydrogens (tertiary/aromatic N) is 2. The van der Waals surface area contributed by atoms with Crippen molar-refractivity contribution >= 4 is 17.4 Å². The number of aliphatic hydroxyl groups is 1. The van der Waals surface area contributed by atoms with Gasteiger partial charge in [0.15, 0.2) is 0 Å². The predicted molar refractivity (Wildman–Crippen MR) is 136 cm³/mol. The fourth-order valence-corrected chi connectivity index (χ4v) is 4.56. The first kappa shape index (κ1) is 25.7. The van der Waals surface area contributed by atoms with Gasteiger partial charge in [0.05, 0.1) is 31.4 Å². The Kier molecular flexibility index (Phi) is 7.96. The van der Waals surface area contributed by atoms with Crippen molar-refractivity contribution in [3.63, 3.8) is 0 Å². The lowest BCUT2D eigenvalue weighted by atomic mass is 9.94. The van der Waals surface area contributed by atoms with Gasteiger partial charge in [0.1, 0.15) is 17.3 Å². The Morgan fingerprint density at radius 2 is 1.78 bits per heavy atom. The molecule has 8 nitrogen and oxygen atoms in total. The van der Waals surface area contributed by atoms with Gasteiger partial charge in [-0.05, 0) is 54.3 Å². The third kappa shape index (κ3) is 5.55. The number of aliphatic hydroxyl groups excluding tert-OH is 1. The van der Waals surface area contributed by atoms with E-state index in [1.807, 2.05) is 6.92 Å². The molecular formula is C28H34N2O6. The molecule has 36 heavy (non-hydrogen) atoms. The van der Waals surface area contributed by atoms with Crippen LogP contribution in [0.3, 0.4) is 0 Å². The number of amides is 1. The van der Waals surface area contributed by atoms with E-state index in [1.165, 1.54) is 17.0 Å². The first-order valence-corrected chi connectivity index (χ1v) is 12.4. The van der Waals surface area contributed by atoms with Gasteiger partial charge in [-0.2, -0.15) is 0 Å². The van der Waals surface area contributed by atoms with Crippen LogP contribution in [0.5, 0.6) is 11.5 Å². The average Bonchev–Trinajstić information content (AvgIpc) is 3.12. The highest BCUT2D eigenvalue weighted by Gasteiger charge is 2.46. The zero-order chi connectivity index (χ0) is 25.8. The minimum absolute atomic E-state index is 0.0444. The maximum absolute atomic E-state index is 13.2. The van der Waals surface area contributed by atoms with E-state index in [2.05, 4.69) is 18.7 Å². The topological polar surface area (TPSA) is 99.5 Å². The first-order valence-electron chi connectivity index (χ1n) is 12.4. The number of Topliss-reactive ketones (excluding diaryl/α,β-unsaturated/α-hetero) is 1. The van der Waals surface area contributed by atoms with E-state index in [9.17, 15) is 19.8 Å². The molecule has 2 fully saturated rings. The van der Waals surface area contributed by atoms with E-state index in [-0.39, 0.29) is 17.1 Å².